The van der Waals surface area contributed by atoms with Gasteiger partial charge in [-0.05, 0) is 76.6 Å². The topological polar surface area (TPSA) is 71.4 Å². The average molecular weight is 470 g/mol. The molecule has 1 atom stereocenters. The molecule has 1 aromatic heterocycles. The number of amides is 3. The van der Waals surface area contributed by atoms with Crippen LogP contribution in [0.4, 0.5) is 13.6 Å². The molecule has 1 saturated heterocycles. The number of nitrogens with one attached hydrogen (secondary N) is 1. The number of benzene rings is 1. The van der Waals surface area contributed by atoms with Gasteiger partial charge in [-0.25, -0.2) is 13.6 Å². The quantitative estimate of drug-likeness (QED) is 0.355. The molecule has 0 bridgehead atoms. The Bertz CT molecular complexity index is 1200. The second-order valence-electron chi connectivity index (χ2n) is 9.29. The van der Waals surface area contributed by atoms with Crippen LogP contribution in [0.2, 0.25) is 0 Å². The maximum atomic E-state index is 13.7. The van der Waals surface area contributed by atoms with Crippen molar-refractivity contribution in [1.29, 1.82) is 0 Å². The number of aryl methyl sites for hydroxylation is 1. The minimum Gasteiger partial charge on any atom is -0.348 e. The Morgan fingerprint density at radius 3 is 2.56 bits per heavy atom. The number of Topliss-reactive ketones (excluding diaryl/α,β-unsaturated/α-hetero) is 1. The highest BCUT2D eigenvalue weighted by Crippen LogP contribution is 2.30. The van der Waals surface area contributed by atoms with Gasteiger partial charge in [0, 0.05) is 23.5 Å². The second-order valence-corrected chi connectivity index (χ2v) is 9.29. The summed E-state index contributed by atoms with van der Waals surface area (Å²) >= 11 is 0. The molecular weight excluding hydrogens is 440 g/mol. The van der Waals surface area contributed by atoms with Crippen LogP contribution in [0.25, 0.3) is 0 Å². The van der Waals surface area contributed by atoms with E-state index in [-0.39, 0.29) is 11.3 Å². The number of urea groups is 1. The lowest BCUT2D eigenvalue weighted by molar-refractivity contribution is -0.130. The molecule has 0 radical (unpaired) electrons. The Kier molecular flexibility index (Phi) is 6.43. The van der Waals surface area contributed by atoms with Crippen molar-refractivity contribution >= 4 is 17.7 Å². The summed E-state index contributed by atoms with van der Waals surface area (Å²) in [6.45, 7) is 5.56. The van der Waals surface area contributed by atoms with E-state index in [1.54, 1.807) is 6.07 Å². The number of imide groups is 1. The molecule has 180 valence electrons. The monoisotopic (exact) mass is 469 g/mol. The largest absolute Gasteiger partial charge is 0.348 e. The van der Waals surface area contributed by atoms with E-state index >= 15 is 0 Å². The highest BCUT2D eigenvalue weighted by molar-refractivity contribution is 6.11. The smallest absolute Gasteiger partial charge is 0.325 e. The maximum Gasteiger partial charge on any atom is 0.325 e. The number of allylic oxidation sites excluding steroid dienone is 2. The lowest BCUT2D eigenvalue weighted by Crippen LogP contribution is -2.41. The number of nitrogens with zero attached hydrogens (tertiary/aromatic N) is 2. The molecular formula is C26H29F2N3O3. The minimum absolute atomic E-state index is 0.106. The number of carbonyl (C=O) groups is 3. The number of halogens is 2. The molecule has 1 N–H and O–H groups in total. The van der Waals surface area contributed by atoms with Crippen molar-refractivity contribution in [2.24, 2.45) is 0 Å². The van der Waals surface area contributed by atoms with Crippen LogP contribution in [0.5, 0.6) is 0 Å². The average Bonchev–Trinajstić information content (AvgIpc) is 3.22. The first-order chi connectivity index (χ1) is 16.1. The zero-order chi connectivity index (χ0) is 24.6. The molecule has 1 unspecified atom stereocenters. The number of carbonyl (C=O) groups excluding carboxylic acids is 3. The SMILES string of the molecule is Cc1cc(C(=O)CN2C(=O)NC(C)(c3ccc(F)c(F)c3)C2=O)c(C)n1CCC1=CCCCC1. The van der Waals surface area contributed by atoms with E-state index in [9.17, 15) is 23.2 Å². The van der Waals surface area contributed by atoms with E-state index < -0.39 is 35.7 Å². The summed E-state index contributed by atoms with van der Waals surface area (Å²) in [4.78, 5) is 39.6. The van der Waals surface area contributed by atoms with Crippen molar-refractivity contribution in [2.45, 2.75) is 65.0 Å². The Balaban J connectivity index is 1.50. The lowest BCUT2D eigenvalue weighted by atomic mass is 9.92. The first kappa shape index (κ1) is 23.9. The fourth-order valence-electron chi connectivity index (χ4n) is 4.89. The van der Waals surface area contributed by atoms with Gasteiger partial charge in [-0.2, -0.15) is 0 Å². The molecule has 34 heavy (non-hydrogen) atoms. The molecule has 2 aliphatic rings. The van der Waals surface area contributed by atoms with Gasteiger partial charge in [0.2, 0.25) is 0 Å². The fraction of sp³-hybridized carbons (Fsp3) is 0.423. The fourth-order valence-corrected chi connectivity index (χ4v) is 4.89. The van der Waals surface area contributed by atoms with Crippen molar-refractivity contribution < 1.29 is 23.2 Å². The molecule has 4 rings (SSSR count). The summed E-state index contributed by atoms with van der Waals surface area (Å²) in [7, 11) is 0. The van der Waals surface area contributed by atoms with Crippen LogP contribution in [0.15, 0.2) is 35.9 Å². The highest BCUT2D eigenvalue weighted by atomic mass is 19.2. The van der Waals surface area contributed by atoms with Crippen LogP contribution in [-0.2, 0) is 16.9 Å². The van der Waals surface area contributed by atoms with Crippen molar-refractivity contribution in [3.8, 4) is 0 Å². The first-order valence-corrected chi connectivity index (χ1v) is 11.6. The standard InChI is InChI=1S/C26H29F2N3O3/c1-16-13-20(17(2)30(16)12-11-18-7-5-4-6-8-18)23(32)15-31-24(33)26(3,29-25(31)34)19-9-10-21(27)22(28)14-19/h7,9-10,13-14H,4-6,8,11-12,15H2,1-3H3,(H,29,34). The molecule has 1 aliphatic heterocycles. The van der Waals surface area contributed by atoms with Gasteiger partial charge in [-0.1, -0.05) is 17.7 Å². The van der Waals surface area contributed by atoms with Crippen molar-refractivity contribution in [3.05, 3.63) is 70.1 Å². The van der Waals surface area contributed by atoms with Gasteiger partial charge in [0.15, 0.2) is 17.4 Å². The molecule has 1 fully saturated rings. The van der Waals surface area contributed by atoms with Crippen LogP contribution in [0.3, 0.4) is 0 Å². The Labute approximate surface area is 197 Å². The number of ketones is 1. The van der Waals surface area contributed by atoms with Gasteiger partial charge >= 0.3 is 6.03 Å². The Morgan fingerprint density at radius 2 is 1.88 bits per heavy atom. The van der Waals surface area contributed by atoms with E-state index in [1.807, 2.05) is 13.8 Å². The lowest BCUT2D eigenvalue weighted by Gasteiger charge is -2.22. The zero-order valence-corrected chi connectivity index (χ0v) is 19.7. The minimum atomic E-state index is -1.59. The van der Waals surface area contributed by atoms with Crippen molar-refractivity contribution in [1.82, 2.24) is 14.8 Å². The van der Waals surface area contributed by atoms with Crippen molar-refractivity contribution in [2.75, 3.05) is 6.54 Å². The molecule has 2 heterocycles. The summed E-state index contributed by atoms with van der Waals surface area (Å²) in [5, 5.41) is 2.52. The summed E-state index contributed by atoms with van der Waals surface area (Å²) in [5.41, 5.74) is 2.18. The molecule has 1 aliphatic carbocycles. The van der Waals surface area contributed by atoms with E-state index in [1.165, 1.54) is 31.4 Å². The second kappa shape index (κ2) is 9.16. The van der Waals surface area contributed by atoms with Crippen molar-refractivity contribution in [3.63, 3.8) is 0 Å². The molecule has 0 saturated carbocycles. The molecule has 8 heteroatoms. The Morgan fingerprint density at radius 1 is 1.12 bits per heavy atom. The van der Waals surface area contributed by atoms with E-state index in [0.29, 0.717) is 5.56 Å². The summed E-state index contributed by atoms with van der Waals surface area (Å²) in [6, 6.07) is 4.08. The number of hydrogen-bond acceptors (Lipinski definition) is 3. The maximum absolute atomic E-state index is 13.7. The third-order valence-electron chi connectivity index (χ3n) is 6.99. The predicted octanol–water partition coefficient (Wildman–Crippen LogP) is 4.92. The molecule has 3 amide bonds. The third-order valence-corrected chi connectivity index (χ3v) is 6.99. The predicted molar refractivity (Wildman–Crippen MR) is 123 cm³/mol. The van der Waals surface area contributed by atoms with Crippen LogP contribution >= 0.6 is 0 Å². The number of hydrogen-bond donors (Lipinski definition) is 1. The normalized spacial score (nSPS) is 20.5. The van der Waals surface area contributed by atoms with Gasteiger partial charge in [0.1, 0.15) is 5.54 Å². The van der Waals surface area contributed by atoms with Crippen LogP contribution < -0.4 is 5.32 Å². The van der Waals surface area contributed by atoms with Crippen LogP contribution in [0, 0.1) is 25.5 Å². The summed E-state index contributed by atoms with van der Waals surface area (Å²) in [5.74, 6) is -3.21. The summed E-state index contributed by atoms with van der Waals surface area (Å²) < 4.78 is 29.2. The zero-order valence-electron chi connectivity index (χ0n) is 19.7. The van der Waals surface area contributed by atoms with E-state index in [4.69, 9.17) is 0 Å². The van der Waals surface area contributed by atoms with Crippen LogP contribution in [-0.4, -0.2) is 33.7 Å². The van der Waals surface area contributed by atoms with Gasteiger partial charge in [-0.3, -0.25) is 14.5 Å². The first-order valence-electron chi connectivity index (χ1n) is 11.6. The van der Waals surface area contributed by atoms with Gasteiger partial charge in [-0.15, -0.1) is 0 Å². The molecule has 2 aromatic rings. The third kappa shape index (κ3) is 4.29. The summed E-state index contributed by atoms with van der Waals surface area (Å²) in [6.07, 6.45) is 7.94. The van der Waals surface area contributed by atoms with Gasteiger partial charge in [0.05, 0.1) is 6.54 Å². The van der Waals surface area contributed by atoms with Crippen LogP contribution in [0.1, 0.15) is 66.3 Å². The molecule has 0 spiro atoms. The van der Waals surface area contributed by atoms with E-state index in [2.05, 4.69) is 16.0 Å². The Hall–Kier alpha value is -3.29. The molecule has 1 aromatic carbocycles. The van der Waals surface area contributed by atoms with Gasteiger partial charge in [0.25, 0.3) is 5.91 Å². The van der Waals surface area contributed by atoms with Gasteiger partial charge < -0.3 is 9.88 Å². The molecule has 6 nitrogen and oxygen atoms in total. The highest BCUT2D eigenvalue weighted by Gasteiger charge is 2.49. The van der Waals surface area contributed by atoms with E-state index in [0.717, 1.165) is 54.2 Å². The number of rotatable bonds is 7. The number of aromatic nitrogens is 1.